The van der Waals surface area contributed by atoms with Crippen molar-refractivity contribution in [1.29, 1.82) is 0 Å². The minimum Gasteiger partial charge on any atom is -0.330 e. The number of nitrogens with two attached hydrogens (primary N) is 1. The molecule has 0 aliphatic heterocycles. The highest BCUT2D eigenvalue weighted by Crippen LogP contribution is 2.20. The maximum atomic E-state index is 12.4. The number of aryl methyl sites for hydroxylation is 1. The van der Waals surface area contributed by atoms with Crippen LogP contribution >= 0.6 is 11.6 Å². The van der Waals surface area contributed by atoms with E-state index in [2.05, 4.69) is 29.7 Å². The van der Waals surface area contributed by atoms with Crippen LogP contribution < -0.4 is 10.6 Å². The van der Waals surface area contributed by atoms with Crippen molar-refractivity contribution in [1.82, 2.24) is 0 Å². The van der Waals surface area contributed by atoms with E-state index < -0.39 is 0 Å². The van der Waals surface area contributed by atoms with Gasteiger partial charge in [0.15, 0.2) is 6.04 Å². The molecule has 0 fully saturated rings. The molecule has 0 bridgehead atoms. The minimum absolute atomic E-state index is 0.0202. The number of benzene rings is 2. The average Bonchev–Trinajstić information content (AvgIpc) is 2.51. The van der Waals surface area contributed by atoms with E-state index >= 15 is 0 Å². The predicted octanol–water partition coefficient (Wildman–Crippen LogP) is 3.30. The Hall–Kier alpha value is -1.84. The molecule has 0 aromatic heterocycles. The SMILES string of the molecule is Cc1ccc(Cl)cc1NC(=O)[C@H](C)[NH2+][C@H](C)c1ccccc1. The van der Waals surface area contributed by atoms with Crippen molar-refractivity contribution in [2.24, 2.45) is 0 Å². The van der Waals surface area contributed by atoms with Crippen molar-refractivity contribution in [3.8, 4) is 0 Å². The van der Waals surface area contributed by atoms with Crippen LogP contribution in [0.3, 0.4) is 0 Å². The molecule has 0 saturated heterocycles. The molecule has 1 amide bonds. The van der Waals surface area contributed by atoms with E-state index in [0.29, 0.717) is 5.02 Å². The zero-order chi connectivity index (χ0) is 16.1. The van der Waals surface area contributed by atoms with Gasteiger partial charge in [0.25, 0.3) is 5.91 Å². The molecule has 0 spiro atoms. The van der Waals surface area contributed by atoms with Gasteiger partial charge in [0.1, 0.15) is 6.04 Å². The summed E-state index contributed by atoms with van der Waals surface area (Å²) in [5, 5.41) is 5.63. The number of hydrogen-bond donors (Lipinski definition) is 2. The fourth-order valence-electron chi connectivity index (χ4n) is 2.36. The van der Waals surface area contributed by atoms with Crippen molar-refractivity contribution in [2.75, 3.05) is 5.32 Å². The van der Waals surface area contributed by atoms with E-state index in [4.69, 9.17) is 11.6 Å². The molecule has 0 unspecified atom stereocenters. The summed E-state index contributed by atoms with van der Waals surface area (Å²) in [5.74, 6) is -0.0202. The summed E-state index contributed by atoms with van der Waals surface area (Å²) in [6, 6.07) is 15.7. The maximum absolute atomic E-state index is 12.4. The van der Waals surface area contributed by atoms with Crippen LogP contribution in [0.5, 0.6) is 0 Å². The molecule has 116 valence electrons. The van der Waals surface area contributed by atoms with Crippen LogP contribution in [-0.2, 0) is 4.79 Å². The van der Waals surface area contributed by atoms with Gasteiger partial charge in [-0.3, -0.25) is 4.79 Å². The van der Waals surface area contributed by atoms with Crippen LogP contribution in [0, 0.1) is 6.92 Å². The van der Waals surface area contributed by atoms with Gasteiger partial charge >= 0.3 is 0 Å². The van der Waals surface area contributed by atoms with Gasteiger partial charge in [-0.1, -0.05) is 48.0 Å². The van der Waals surface area contributed by atoms with Crippen molar-refractivity contribution in [2.45, 2.75) is 32.9 Å². The Morgan fingerprint density at radius 2 is 1.82 bits per heavy atom. The lowest BCUT2D eigenvalue weighted by molar-refractivity contribution is -0.709. The highest BCUT2D eigenvalue weighted by atomic mass is 35.5. The van der Waals surface area contributed by atoms with E-state index in [1.165, 1.54) is 5.56 Å². The van der Waals surface area contributed by atoms with Crippen LogP contribution in [0.25, 0.3) is 0 Å². The summed E-state index contributed by atoms with van der Waals surface area (Å²) < 4.78 is 0. The summed E-state index contributed by atoms with van der Waals surface area (Å²) in [4.78, 5) is 12.4. The van der Waals surface area contributed by atoms with Crippen LogP contribution in [0.15, 0.2) is 48.5 Å². The maximum Gasteiger partial charge on any atom is 0.282 e. The summed E-state index contributed by atoms with van der Waals surface area (Å²) in [7, 11) is 0. The van der Waals surface area contributed by atoms with Crippen LogP contribution in [0.4, 0.5) is 5.69 Å². The first-order chi connectivity index (χ1) is 10.5. The van der Waals surface area contributed by atoms with E-state index in [9.17, 15) is 4.79 Å². The number of halogens is 1. The van der Waals surface area contributed by atoms with Gasteiger partial charge in [0.2, 0.25) is 0 Å². The number of hydrogen-bond acceptors (Lipinski definition) is 1. The number of nitrogens with one attached hydrogen (secondary N) is 1. The lowest BCUT2D eigenvalue weighted by Gasteiger charge is -2.17. The third kappa shape index (κ3) is 4.33. The molecular weight excluding hydrogens is 296 g/mol. The second-order valence-electron chi connectivity index (χ2n) is 5.63. The molecule has 0 aliphatic rings. The first-order valence-electron chi connectivity index (χ1n) is 7.44. The Kier molecular flexibility index (Phi) is 5.58. The van der Waals surface area contributed by atoms with Crippen molar-refractivity contribution < 1.29 is 10.1 Å². The van der Waals surface area contributed by atoms with Crippen molar-refractivity contribution in [3.63, 3.8) is 0 Å². The molecule has 4 heteroatoms. The molecule has 0 heterocycles. The van der Waals surface area contributed by atoms with E-state index in [1.807, 2.05) is 44.2 Å². The highest BCUT2D eigenvalue weighted by Gasteiger charge is 2.20. The van der Waals surface area contributed by atoms with Crippen LogP contribution in [0.2, 0.25) is 5.02 Å². The highest BCUT2D eigenvalue weighted by molar-refractivity contribution is 6.31. The number of carbonyl (C=O) groups is 1. The normalized spacial score (nSPS) is 13.5. The molecule has 3 N–H and O–H groups in total. The molecule has 0 radical (unpaired) electrons. The number of carbonyl (C=O) groups excluding carboxylic acids is 1. The van der Waals surface area contributed by atoms with Gasteiger partial charge in [-0.05, 0) is 38.5 Å². The largest absolute Gasteiger partial charge is 0.330 e. The summed E-state index contributed by atoms with van der Waals surface area (Å²) in [5.41, 5.74) is 2.98. The summed E-state index contributed by atoms with van der Waals surface area (Å²) >= 11 is 5.99. The average molecular weight is 318 g/mol. The molecule has 3 nitrogen and oxygen atoms in total. The van der Waals surface area contributed by atoms with E-state index in [-0.39, 0.29) is 18.0 Å². The molecule has 2 aromatic rings. The molecule has 0 aliphatic carbocycles. The van der Waals surface area contributed by atoms with Crippen LogP contribution in [-0.4, -0.2) is 11.9 Å². The van der Waals surface area contributed by atoms with Gasteiger partial charge in [-0.25, -0.2) is 0 Å². The first kappa shape index (κ1) is 16.5. The lowest BCUT2D eigenvalue weighted by Crippen LogP contribution is -2.91. The topological polar surface area (TPSA) is 45.7 Å². The second kappa shape index (κ2) is 7.43. The molecular formula is C18H22ClN2O+. The van der Waals surface area contributed by atoms with E-state index in [1.54, 1.807) is 6.07 Å². The molecule has 2 rings (SSSR count). The van der Waals surface area contributed by atoms with Gasteiger partial charge in [0, 0.05) is 16.3 Å². The van der Waals surface area contributed by atoms with Gasteiger partial charge in [-0.2, -0.15) is 0 Å². The smallest absolute Gasteiger partial charge is 0.282 e. The van der Waals surface area contributed by atoms with Gasteiger partial charge < -0.3 is 10.6 Å². The van der Waals surface area contributed by atoms with Crippen LogP contribution in [0.1, 0.15) is 31.0 Å². The van der Waals surface area contributed by atoms with Gasteiger partial charge in [0.05, 0.1) is 0 Å². The number of amides is 1. The quantitative estimate of drug-likeness (QED) is 0.873. The second-order valence-corrected chi connectivity index (χ2v) is 6.07. The Bertz CT molecular complexity index is 643. The first-order valence-corrected chi connectivity index (χ1v) is 7.82. The Morgan fingerprint density at radius 1 is 1.14 bits per heavy atom. The number of anilines is 1. The summed E-state index contributed by atoms with van der Waals surface area (Å²) in [6.07, 6.45) is 0. The molecule has 2 aromatic carbocycles. The minimum atomic E-state index is -0.186. The van der Waals surface area contributed by atoms with Crippen molar-refractivity contribution in [3.05, 3.63) is 64.7 Å². The van der Waals surface area contributed by atoms with E-state index in [0.717, 1.165) is 11.3 Å². The fraction of sp³-hybridized carbons (Fsp3) is 0.278. The zero-order valence-electron chi connectivity index (χ0n) is 13.1. The Morgan fingerprint density at radius 3 is 2.50 bits per heavy atom. The number of rotatable bonds is 5. The molecule has 0 saturated carbocycles. The van der Waals surface area contributed by atoms with Crippen molar-refractivity contribution >= 4 is 23.2 Å². The monoisotopic (exact) mass is 317 g/mol. The molecule has 22 heavy (non-hydrogen) atoms. The number of quaternary nitrogens is 1. The third-order valence-electron chi connectivity index (χ3n) is 3.77. The fourth-order valence-corrected chi connectivity index (χ4v) is 2.54. The van der Waals surface area contributed by atoms with Gasteiger partial charge in [-0.15, -0.1) is 0 Å². The third-order valence-corrected chi connectivity index (χ3v) is 4.01. The Labute approximate surface area is 136 Å². The predicted molar refractivity (Wildman–Crippen MR) is 91.1 cm³/mol. The summed E-state index contributed by atoms with van der Waals surface area (Å²) in [6.45, 7) is 5.96. The Balaban J connectivity index is 1.99. The molecule has 2 atom stereocenters. The zero-order valence-corrected chi connectivity index (χ0v) is 13.9. The standard InChI is InChI=1S/C18H21ClN2O/c1-12-9-10-16(19)11-17(12)21-18(22)14(3)20-13(2)15-7-5-4-6-8-15/h4-11,13-14,20H,1-3H3,(H,21,22)/p+1/t13-,14+/m1/s1. The lowest BCUT2D eigenvalue weighted by atomic mass is 10.1.